The highest BCUT2D eigenvalue weighted by atomic mass is 35.5. The third kappa shape index (κ3) is 3.22. The van der Waals surface area contributed by atoms with Crippen LogP contribution in [0, 0.1) is 6.92 Å². The monoisotopic (exact) mass is 264 g/mol. The van der Waals surface area contributed by atoms with Crippen molar-refractivity contribution in [1.29, 1.82) is 0 Å². The minimum atomic E-state index is 0.524. The van der Waals surface area contributed by atoms with Gasteiger partial charge in [0.05, 0.1) is 0 Å². The van der Waals surface area contributed by atoms with E-state index >= 15 is 0 Å². The summed E-state index contributed by atoms with van der Waals surface area (Å²) in [6.45, 7) is 2.56. The molecule has 0 aliphatic heterocycles. The van der Waals surface area contributed by atoms with E-state index in [1.807, 2.05) is 37.4 Å². The lowest BCUT2D eigenvalue weighted by Crippen LogP contribution is -1.98. The summed E-state index contributed by atoms with van der Waals surface area (Å²) in [5.41, 5.74) is 7.77. The van der Waals surface area contributed by atoms with Crippen molar-refractivity contribution in [2.75, 3.05) is 0 Å². The quantitative estimate of drug-likeness (QED) is 0.920. The Hall–Kier alpha value is -1.03. The van der Waals surface area contributed by atoms with Crippen molar-refractivity contribution in [3.8, 4) is 0 Å². The Balaban J connectivity index is 2.24. The zero-order chi connectivity index (χ0) is 12.3. The second kappa shape index (κ2) is 5.54. The average Bonchev–Trinajstić information content (AvgIpc) is 2.32. The first-order chi connectivity index (χ1) is 8.19. The van der Waals surface area contributed by atoms with Crippen LogP contribution in [0.5, 0.6) is 0 Å². The summed E-state index contributed by atoms with van der Waals surface area (Å²) < 4.78 is 0. The van der Waals surface area contributed by atoms with Gasteiger partial charge in [0, 0.05) is 22.7 Å². The summed E-state index contributed by atoms with van der Waals surface area (Å²) in [6, 6.07) is 9.83. The Morgan fingerprint density at radius 1 is 1.35 bits per heavy atom. The first-order valence-electron chi connectivity index (χ1n) is 5.28. The van der Waals surface area contributed by atoms with Crippen molar-refractivity contribution in [3.63, 3.8) is 0 Å². The Bertz CT molecular complexity index is 529. The van der Waals surface area contributed by atoms with Crippen LogP contribution in [-0.4, -0.2) is 4.98 Å². The minimum Gasteiger partial charge on any atom is -0.326 e. The van der Waals surface area contributed by atoms with Crippen LogP contribution in [0.15, 0.2) is 46.5 Å². The Kier molecular flexibility index (Phi) is 4.05. The van der Waals surface area contributed by atoms with Crippen molar-refractivity contribution >= 4 is 23.4 Å². The molecule has 0 unspecified atom stereocenters. The number of halogens is 1. The Morgan fingerprint density at radius 3 is 2.82 bits per heavy atom. The summed E-state index contributed by atoms with van der Waals surface area (Å²) in [6.07, 6.45) is 1.82. The van der Waals surface area contributed by atoms with Crippen molar-refractivity contribution in [3.05, 3.63) is 52.7 Å². The van der Waals surface area contributed by atoms with Crippen LogP contribution in [0.4, 0.5) is 0 Å². The van der Waals surface area contributed by atoms with Gasteiger partial charge in [-0.25, -0.2) is 4.98 Å². The van der Waals surface area contributed by atoms with Crippen LogP contribution in [0.1, 0.15) is 11.1 Å². The summed E-state index contributed by atoms with van der Waals surface area (Å²) in [7, 11) is 0. The van der Waals surface area contributed by atoms with Gasteiger partial charge in [0.2, 0.25) is 0 Å². The molecule has 2 N–H and O–H groups in total. The molecule has 0 saturated heterocycles. The molecule has 0 aliphatic rings. The molecule has 88 valence electrons. The molecule has 1 aromatic carbocycles. The molecule has 0 spiro atoms. The number of hydrogen-bond donors (Lipinski definition) is 1. The molecule has 4 heteroatoms. The van der Waals surface area contributed by atoms with E-state index in [-0.39, 0.29) is 0 Å². The molecule has 0 saturated carbocycles. The van der Waals surface area contributed by atoms with Crippen LogP contribution < -0.4 is 5.73 Å². The first-order valence-corrected chi connectivity index (χ1v) is 6.47. The van der Waals surface area contributed by atoms with Gasteiger partial charge in [-0.2, -0.15) is 0 Å². The molecule has 1 aromatic heterocycles. The van der Waals surface area contributed by atoms with E-state index in [4.69, 9.17) is 17.3 Å². The zero-order valence-corrected chi connectivity index (χ0v) is 11.1. The molecular formula is C13H13ClN2S. The second-order valence-electron chi connectivity index (χ2n) is 3.73. The van der Waals surface area contributed by atoms with Gasteiger partial charge in [0.15, 0.2) is 0 Å². The van der Waals surface area contributed by atoms with Gasteiger partial charge in [-0.1, -0.05) is 35.5 Å². The zero-order valence-electron chi connectivity index (χ0n) is 9.48. The molecule has 0 amide bonds. The number of nitrogens with zero attached hydrogens (tertiary/aromatic N) is 1. The van der Waals surface area contributed by atoms with Crippen LogP contribution >= 0.6 is 23.4 Å². The standard InChI is InChI=1S/C13H13ClN2S/c1-9-5-10(7-15)8-16-13(9)17-12-4-2-3-11(14)6-12/h2-6,8H,7,15H2,1H3. The SMILES string of the molecule is Cc1cc(CN)cnc1Sc1cccc(Cl)c1. The first kappa shape index (κ1) is 12.4. The summed E-state index contributed by atoms with van der Waals surface area (Å²) in [5.74, 6) is 0. The molecular weight excluding hydrogens is 252 g/mol. The lowest BCUT2D eigenvalue weighted by atomic mass is 10.2. The molecule has 1 heterocycles. The maximum absolute atomic E-state index is 5.95. The third-order valence-electron chi connectivity index (χ3n) is 2.33. The predicted octanol–water partition coefficient (Wildman–Crippen LogP) is 3.65. The fourth-order valence-electron chi connectivity index (χ4n) is 1.48. The summed E-state index contributed by atoms with van der Waals surface area (Å²) >= 11 is 7.56. The third-order valence-corrected chi connectivity index (χ3v) is 3.68. The van der Waals surface area contributed by atoms with Gasteiger partial charge in [-0.05, 0) is 36.2 Å². The molecule has 0 atom stereocenters. The number of hydrogen-bond acceptors (Lipinski definition) is 3. The average molecular weight is 265 g/mol. The van der Waals surface area contributed by atoms with Crippen molar-refractivity contribution in [2.24, 2.45) is 5.73 Å². The van der Waals surface area contributed by atoms with Crippen molar-refractivity contribution < 1.29 is 0 Å². The predicted molar refractivity (Wildman–Crippen MR) is 72.4 cm³/mol. The normalized spacial score (nSPS) is 10.5. The summed E-state index contributed by atoms with van der Waals surface area (Å²) in [5, 5.41) is 1.73. The molecule has 2 rings (SSSR count). The van der Waals surface area contributed by atoms with Gasteiger partial charge >= 0.3 is 0 Å². The number of benzene rings is 1. The molecule has 0 radical (unpaired) electrons. The molecule has 17 heavy (non-hydrogen) atoms. The molecule has 2 aromatic rings. The minimum absolute atomic E-state index is 0.524. The Labute approximate surface area is 110 Å². The van der Waals surface area contributed by atoms with Gasteiger partial charge in [0.25, 0.3) is 0 Å². The maximum Gasteiger partial charge on any atom is 0.104 e. The largest absolute Gasteiger partial charge is 0.326 e. The van der Waals surface area contributed by atoms with Crippen molar-refractivity contribution in [2.45, 2.75) is 23.4 Å². The van der Waals surface area contributed by atoms with Crippen LogP contribution in [0.25, 0.3) is 0 Å². The van der Waals surface area contributed by atoms with Gasteiger partial charge in [0.1, 0.15) is 5.03 Å². The number of rotatable bonds is 3. The number of pyridine rings is 1. The number of aromatic nitrogens is 1. The fraction of sp³-hybridized carbons (Fsp3) is 0.154. The van der Waals surface area contributed by atoms with E-state index in [0.717, 1.165) is 26.1 Å². The van der Waals surface area contributed by atoms with Crippen molar-refractivity contribution in [1.82, 2.24) is 4.98 Å². The van der Waals surface area contributed by atoms with E-state index in [0.29, 0.717) is 6.54 Å². The van der Waals surface area contributed by atoms with Crippen LogP contribution in [0.2, 0.25) is 5.02 Å². The van der Waals surface area contributed by atoms with E-state index in [2.05, 4.69) is 11.1 Å². The van der Waals surface area contributed by atoms with Crippen LogP contribution in [-0.2, 0) is 6.54 Å². The summed E-state index contributed by atoms with van der Waals surface area (Å²) in [4.78, 5) is 5.51. The smallest absolute Gasteiger partial charge is 0.104 e. The van der Waals surface area contributed by atoms with E-state index in [1.54, 1.807) is 11.8 Å². The number of nitrogens with two attached hydrogens (primary N) is 1. The van der Waals surface area contributed by atoms with Gasteiger partial charge in [-0.3, -0.25) is 0 Å². The molecule has 0 bridgehead atoms. The van der Waals surface area contributed by atoms with E-state index in [1.165, 1.54) is 0 Å². The Morgan fingerprint density at radius 2 is 2.18 bits per heavy atom. The molecule has 0 aliphatic carbocycles. The molecule has 0 fully saturated rings. The number of aryl methyl sites for hydroxylation is 1. The van der Waals surface area contributed by atoms with Crippen LogP contribution in [0.3, 0.4) is 0 Å². The highest BCUT2D eigenvalue weighted by molar-refractivity contribution is 7.99. The van der Waals surface area contributed by atoms with Gasteiger partial charge < -0.3 is 5.73 Å². The fourth-order valence-corrected chi connectivity index (χ4v) is 2.62. The van der Waals surface area contributed by atoms with E-state index < -0.39 is 0 Å². The second-order valence-corrected chi connectivity index (χ2v) is 5.23. The lowest BCUT2D eigenvalue weighted by molar-refractivity contribution is 0.988. The van der Waals surface area contributed by atoms with Gasteiger partial charge in [-0.15, -0.1) is 0 Å². The lowest BCUT2D eigenvalue weighted by Gasteiger charge is -2.06. The maximum atomic E-state index is 5.95. The highest BCUT2D eigenvalue weighted by Gasteiger charge is 2.04. The molecule has 2 nitrogen and oxygen atoms in total. The van der Waals surface area contributed by atoms with E-state index in [9.17, 15) is 0 Å². The highest BCUT2D eigenvalue weighted by Crippen LogP contribution is 2.30. The topological polar surface area (TPSA) is 38.9 Å².